The predicted octanol–water partition coefficient (Wildman–Crippen LogP) is 6.49. The fraction of sp³-hybridized carbons (Fsp3) is 0.303. The summed E-state index contributed by atoms with van der Waals surface area (Å²) in [5.41, 5.74) is 2.85. The van der Waals surface area contributed by atoms with Gasteiger partial charge in [0.2, 0.25) is 0 Å². The number of nitrogens with zero attached hydrogens (tertiary/aromatic N) is 2. The number of aromatic nitrogens is 1. The molecule has 0 unspecified atom stereocenters. The summed E-state index contributed by atoms with van der Waals surface area (Å²) in [6.07, 6.45) is 9.80. The normalized spacial score (nSPS) is 18.2. The highest BCUT2D eigenvalue weighted by molar-refractivity contribution is 7.21. The zero-order chi connectivity index (χ0) is 29.8. The first-order valence-corrected chi connectivity index (χ1v) is 15.5. The van der Waals surface area contributed by atoms with Crippen LogP contribution in [0.1, 0.15) is 40.9 Å². The maximum atomic E-state index is 13.6. The molecule has 2 aromatic carbocycles. The second-order valence-electron chi connectivity index (χ2n) is 10.9. The van der Waals surface area contributed by atoms with E-state index in [9.17, 15) is 9.59 Å². The summed E-state index contributed by atoms with van der Waals surface area (Å²) in [7, 11) is 1.93. The summed E-state index contributed by atoms with van der Waals surface area (Å²) in [4.78, 5) is 34.5. The average molecular weight is 597 g/mol. The molecular formula is C33H36N6O3S. The van der Waals surface area contributed by atoms with Gasteiger partial charge in [-0.3, -0.25) is 9.69 Å². The van der Waals surface area contributed by atoms with Gasteiger partial charge in [-0.1, -0.05) is 30.4 Å². The van der Waals surface area contributed by atoms with Gasteiger partial charge < -0.3 is 26.0 Å². The molecule has 1 fully saturated rings. The lowest BCUT2D eigenvalue weighted by molar-refractivity contribution is 0.0929. The van der Waals surface area contributed by atoms with Crippen LogP contribution in [0, 0.1) is 6.92 Å². The molecule has 0 spiro atoms. The molecule has 9 nitrogen and oxygen atoms in total. The van der Waals surface area contributed by atoms with Gasteiger partial charge in [-0.2, -0.15) is 0 Å². The van der Waals surface area contributed by atoms with E-state index in [1.54, 1.807) is 11.1 Å². The van der Waals surface area contributed by atoms with E-state index in [4.69, 9.17) is 4.74 Å². The number of hydrogen-bond donors (Lipinski definition) is 4. The first kappa shape index (κ1) is 28.9. The third-order valence-electron chi connectivity index (χ3n) is 7.92. The molecule has 1 aliphatic heterocycles. The van der Waals surface area contributed by atoms with Crippen molar-refractivity contribution in [3.8, 4) is 11.5 Å². The monoisotopic (exact) mass is 596 g/mol. The number of ether oxygens (including phenoxy) is 1. The zero-order valence-electron chi connectivity index (χ0n) is 24.4. The summed E-state index contributed by atoms with van der Waals surface area (Å²) in [6, 6.07) is 17.3. The highest BCUT2D eigenvalue weighted by Crippen LogP contribution is 2.46. The number of nitrogens with one attached hydrogen (secondary N) is 4. The molecular weight excluding hydrogens is 560 g/mol. The summed E-state index contributed by atoms with van der Waals surface area (Å²) in [5.74, 6) is 1.27. The Labute approximate surface area is 255 Å². The van der Waals surface area contributed by atoms with E-state index >= 15 is 0 Å². The molecule has 2 aromatic heterocycles. The number of aryl methyl sites for hydroxylation is 1. The fourth-order valence-electron chi connectivity index (χ4n) is 5.76. The van der Waals surface area contributed by atoms with Crippen molar-refractivity contribution in [2.45, 2.75) is 44.7 Å². The van der Waals surface area contributed by atoms with E-state index < -0.39 is 0 Å². The Hall–Kier alpha value is -4.25. The van der Waals surface area contributed by atoms with E-state index in [2.05, 4.69) is 38.4 Å². The van der Waals surface area contributed by atoms with E-state index in [1.165, 1.54) is 11.3 Å². The third kappa shape index (κ3) is 6.27. The molecule has 4 aromatic rings. The van der Waals surface area contributed by atoms with Crippen molar-refractivity contribution >= 4 is 50.6 Å². The van der Waals surface area contributed by atoms with Gasteiger partial charge in [0.1, 0.15) is 21.2 Å². The first-order valence-electron chi connectivity index (χ1n) is 14.7. The minimum absolute atomic E-state index is 0.102. The number of carbonyl (C=O) groups excluding carboxylic acids is 2. The number of carbonyl (C=O) groups is 2. The Morgan fingerprint density at radius 3 is 2.56 bits per heavy atom. The fourth-order valence-corrected chi connectivity index (χ4v) is 6.78. The molecule has 10 heteroatoms. The maximum absolute atomic E-state index is 13.6. The largest absolute Gasteiger partial charge is 0.457 e. The maximum Gasteiger partial charge on any atom is 0.331 e. The van der Waals surface area contributed by atoms with Crippen LogP contribution in [0.2, 0.25) is 0 Å². The Bertz CT molecular complexity index is 1650. The number of rotatable bonds is 10. The van der Waals surface area contributed by atoms with Gasteiger partial charge in [0.05, 0.1) is 22.4 Å². The van der Waals surface area contributed by atoms with Crippen molar-refractivity contribution in [3.63, 3.8) is 0 Å². The van der Waals surface area contributed by atoms with Crippen molar-refractivity contribution < 1.29 is 14.3 Å². The molecule has 0 atom stereocenters. The molecule has 43 heavy (non-hydrogen) atoms. The number of benzene rings is 2. The van der Waals surface area contributed by atoms with Gasteiger partial charge in [-0.15, -0.1) is 11.3 Å². The van der Waals surface area contributed by atoms with Crippen LogP contribution in [0.3, 0.4) is 0 Å². The molecule has 0 bridgehead atoms. The van der Waals surface area contributed by atoms with Crippen LogP contribution in [0.4, 0.5) is 21.9 Å². The van der Waals surface area contributed by atoms with Crippen molar-refractivity contribution in [1.29, 1.82) is 0 Å². The van der Waals surface area contributed by atoms with Crippen LogP contribution in [0.5, 0.6) is 11.5 Å². The van der Waals surface area contributed by atoms with E-state index in [0.717, 1.165) is 61.2 Å². The van der Waals surface area contributed by atoms with Crippen LogP contribution in [0.15, 0.2) is 72.9 Å². The summed E-state index contributed by atoms with van der Waals surface area (Å²) in [5, 5.41) is 13.7. The van der Waals surface area contributed by atoms with Crippen LogP contribution in [-0.4, -0.2) is 49.1 Å². The van der Waals surface area contributed by atoms with Crippen LogP contribution < -0.4 is 30.9 Å². The summed E-state index contributed by atoms with van der Waals surface area (Å²) >= 11 is 1.31. The minimum atomic E-state index is -0.317. The number of amides is 3. The van der Waals surface area contributed by atoms with E-state index in [0.29, 0.717) is 32.9 Å². The average Bonchev–Trinajstić information content (AvgIpc) is 3.39. The Morgan fingerprint density at radius 2 is 1.79 bits per heavy atom. The first-order chi connectivity index (χ1) is 21.0. The van der Waals surface area contributed by atoms with E-state index in [-0.39, 0.29) is 18.0 Å². The van der Waals surface area contributed by atoms with Crippen molar-refractivity contribution in [3.05, 3.63) is 83.4 Å². The number of thiophene rings is 1. The quantitative estimate of drug-likeness (QED) is 0.156. The molecule has 3 amide bonds. The number of urea groups is 1. The van der Waals surface area contributed by atoms with Crippen LogP contribution in [-0.2, 0) is 0 Å². The Balaban J connectivity index is 1.17. The molecule has 0 radical (unpaired) electrons. The molecule has 0 saturated heterocycles. The lowest BCUT2D eigenvalue weighted by Gasteiger charge is -2.30. The molecule has 222 valence electrons. The van der Waals surface area contributed by atoms with Crippen LogP contribution in [0.25, 0.3) is 10.2 Å². The number of hydrogen-bond acceptors (Lipinski definition) is 7. The van der Waals surface area contributed by atoms with Crippen molar-refractivity contribution in [1.82, 2.24) is 20.9 Å². The smallest absolute Gasteiger partial charge is 0.331 e. The lowest BCUT2D eigenvalue weighted by atomic mass is 9.91. The second-order valence-corrected chi connectivity index (χ2v) is 11.9. The molecule has 1 aliphatic carbocycles. The third-order valence-corrected chi connectivity index (χ3v) is 9.01. The predicted molar refractivity (Wildman–Crippen MR) is 173 cm³/mol. The molecule has 2 aliphatic rings. The summed E-state index contributed by atoms with van der Waals surface area (Å²) < 4.78 is 5.99. The number of pyridine rings is 1. The van der Waals surface area contributed by atoms with Crippen molar-refractivity contribution in [2.75, 3.05) is 30.4 Å². The SMILES string of the molecule is CNC/C=C/CNC1CCC(NC(=O)c2sc3nccc4c3c2NC(=O)N4c2ccc(Oc3ccccc3)cc2C)CC1. The van der Waals surface area contributed by atoms with Gasteiger partial charge in [0.15, 0.2) is 0 Å². The number of anilines is 3. The standard InChI is InChI=1S/C33H36N6O3S/c1-21-20-25(42-24-8-4-3-5-9-24)14-15-26(21)39-27-16-19-36-32-28(27)29(38-33(39)41)30(43-32)31(40)37-23-12-10-22(11-13-23)35-18-7-6-17-34-2/h3-9,14-16,19-20,22-23,34-35H,10-13,17-18H2,1-2H3,(H,37,40)(H,38,41)/b7-6+. The zero-order valence-corrected chi connectivity index (χ0v) is 25.2. The van der Waals surface area contributed by atoms with Gasteiger partial charge in [0, 0.05) is 31.4 Å². The van der Waals surface area contributed by atoms with Crippen LogP contribution >= 0.6 is 11.3 Å². The van der Waals surface area contributed by atoms with Gasteiger partial charge in [-0.25, -0.2) is 9.78 Å². The van der Waals surface area contributed by atoms with Gasteiger partial charge >= 0.3 is 6.03 Å². The van der Waals surface area contributed by atoms with Gasteiger partial charge in [-0.05, 0) is 81.6 Å². The van der Waals surface area contributed by atoms with Gasteiger partial charge in [0.25, 0.3) is 5.91 Å². The molecule has 1 saturated carbocycles. The minimum Gasteiger partial charge on any atom is -0.457 e. The molecule has 3 heterocycles. The number of para-hydroxylation sites is 1. The summed E-state index contributed by atoms with van der Waals surface area (Å²) in [6.45, 7) is 3.67. The van der Waals surface area contributed by atoms with Crippen molar-refractivity contribution in [2.24, 2.45) is 0 Å². The second kappa shape index (κ2) is 12.9. The van der Waals surface area contributed by atoms with E-state index in [1.807, 2.05) is 68.6 Å². The highest BCUT2D eigenvalue weighted by atomic mass is 32.1. The molecule has 6 rings (SSSR count). The molecule has 4 N–H and O–H groups in total. The number of likely N-dealkylation sites (N-methyl/N-ethyl adjacent to an activating group) is 1. The Kier molecular flexibility index (Phi) is 8.69. The highest BCUT2D eigenvalue weighted by Gasteiger charge is 2.34. The topological polar surface area (TPSA) is 108 Å². The lowest BCUT2D eigenvalue weighted by Crippen LogP contribution is -2.42. The Morgan fingerprint density at radius 1 is 1.02 bits per heavy atom.